The highest BCUT2D eigenvalue weighted by atomic mass is 16.5. The third-order valence-corrected chi connectivity index (χ3v) is 8.66. The maximum Gasteiger partial charge on any atom is 0.235 e. The van der Waals surface area contributed by atoms with Crippen molar-refractivity contribution in [3.8, 4) is 5.75 Å². The molecule has 3 heterocycles. The summed E-state index contributed by atoms with van der Waals surface area (Å²) >= 11 is 0. The summed E-state index contributed by atoms with van der Waals surface area (Å²) in [4.78, 5) is 15.5. The fraction of sp³-hybridized carbons (Fsp3) is 0.333. The average molecular weight is 535 g/mol. The second-order valence-electron chi connectivity index (χ2n) is 11.5. The summed E-state index contributed by atoms with van der Waals surface area (Å²) in [5, 5.41) is 11.9. The topological polar surface area (TPSA) is 79.5 Å². The van der Waals surface area contributed by atoms with Gasteiger partial charge in [-0.1, -0.05) is 42.5 Å². The Morgan fingerprint density at radius 1 is 1.05 bits per heavy atom. The van der Waals surface area contributed by atoms with Crippen molar-refractivity contribution in [2.75, 3.05) is 25.5 Å². The predicted molar refractivity (Wildman–Crippen MR) is 157 cm³/mol. The monoisotopic (exact) mass is 534 g/mol. The van der Waals surface area contributed by atoms with Crippen molar-refractivity contribution in [3.63, 3.8) is 0 Å². The van der Waals surface area contributed by atoms with Crippen molar-refractivity contribution in [1.29, 1.82) is 0 Å². The van der Waals surface area contributed by atoms with E-state index in [1.807, 2.05) is 18.2 Å². The lowest BCUT2D eigenvalue weighted by Gasteiger charge is -2.35. The van der Waals surface area contributed by atoms with Crippen LogP contribution < -0.4 is 10.1 Å². The first-order chi connectivity index (χ1) is 19.4. The van der Waals surface area contributed by atoms with E-state index >= 15 is 0 Å². The van der Waals surface area contributed by atoms with Crippen molar-refractivity contribution < 1.29 is 14.3 Å². The lowest BCUT2D eigenvalue weighted by atomic mass is 9.91. The molecule has 3 aliphatic rings. The van der Waals surface area contributed by atoms with E-state index in [9.17, 15) is 4.79 Å². The summed E-state index contributed by atoms with van der Waals surface area (Å²) in [5.74, 6) is 0.987. The Balaban J connectivity index is 1.06. The molecule has 40 heavy (non-hydrogen) atoms. The first-order valence-corrected chi connectivity index (χ1v) is 14.1. The number of hydrogen-bond acceptors (Lipinski definition) is 5. The molecule has 3 aromatic carbocycles. The van der Waals surface area contributed by atoms with E-state index in [1.54, 1.807) is 7.11 Å². The van der Waals surface area contributed by atoms with Gasteiger partial charge in [-0.3, -0.25) is 14.8 Å². The zero-order valence-corrected chi connectivity index (χ0v) is 23.1. The van der Waals surface area contributed by atoms with Gasteiger partial charge in [0.25, 0.3) is 0 Å². The third kappa shape index (κ3) is 4.30. The van der Waals surface area contributed by atoms with Crippen LogP contribution in [0.25, 0.3) is 23.1 Å². The number of carbonyl (C=O) groups excluding carboxylic acids is 1. The maximum absolute atomic E-state index is 13.0. The zero-order valence-electron chi connectivity index (χ0n) is 23.1. The van der Waals surface area contributed by atoms with Gasteiger partial charge >= 0.3 is 0 Å². The van der Waals surface area contributed by atoms with Gasteiger partial charge in [0.1, 0.15) is 5.75 Å². The van der Waals surface area contributed by atoms with E-state index in [2.05, 4.69) is 88.9 Å². The molecule has 204 valence electrons. The third-order valence-electron chi connectivity index (χ3n) is 8.66. The number of benzene rings is 3. The van der Waals surface area contributed by atoms with Crippen LogP contribution in [-0.4, -0.2) is 53.4 Å². The predicted octanol–water partition coefficient (Wildman–Crippen LogP) is 5.73. The van der Waals surface area contributed by atoms with E-state index in [-0.39, 0.29) is 24.0 Å². The molecule has 1 amide bonds. The van der Waals surface area contributed by atoms with E-state index in [4.69, 9.17) is 9.47 Å². The second-order valence-corrected chi connectivity index (χ2v) is 11.5. The van der Waals surface area contributed by atoms with Crippen molar-refractivity contribution in [2.24, 2.45) is 0 Å². The molecular weight excluding hydrogens is 500 g/mol. The molecule has 0 radical (unpaired) electrons. The van der Waals surface area contributed by atoms with E-state index in [0.717, 1.165) is 70.8 Å². The van der Waals surface area contributed by atoms with Gasteiger partial charge in [0.2, 0.25) is 5.91 Å². The number of morpholine rings is 1. The lowest BCUT2D eigenvalue weighted by Crippen LogP contribution is -2.44. The molecular formula is C33H34N4O3. The van der Waals surface area contributed by atoms with E-state index in [0.29, 0.717) is 0 Å². The first kappa shape index (κ1) is 25.1. The SMILES string of the molecule is COc1ccc2c(c1)[C@@]1(C[C@@H]1c1ccc3c(/C=C/c4ccc(CN5CC(C)OC(C)C5)cc4)n[nH]c3c1)C(=O)N2. The Morgan fingerprint density at radius 2 is 1.85 bits per heavy atom. The fourth-order valence-electron chi connectivity index (χ4n) is 6.68. The van der Waals surface area contributed by atoms with E-state index in [1.165, 1.54) is 5.56 Å². The van der Waals surface area contributed by atoms with Gasteiger partial charge < -0.3 is 14.8 Å². The molecule has 7 heteroatoms. The van der Waals surface area contributed by atoms with Crippen LogP contribution in [0.3, 0.4) is 0 Å². The first-order valence-electron chi connectivity index (χ1n) is 14.1. The quantitative estimate of drug-likeness (QED) is 0.330. The molecule has 1 spiro atoms. The summed E-state index contributed by atoms with van der Waals surface area (Å²) in [6.45, 7) is 7.16. The number of nitrogens with one attached hydrogen (secondary N) is 2. The molecule has 4 atom stereocenters. The number of nitrogens with zero attached hydrogens (tertiary/aromatic N) is 2. The molecule has 2 fully saturated rings. The van der Waals surface area contributed by atoms with Gasteiger partial charge in [0.05, 0.1) is 35.9 Å². The van der Waals surface area contributed by atoms with E-state index < -0.39 is 5.41 Å². The number of hydrogen-bond donors (Lipinski definition) is 2. The maximum atomic E-state index is 13.0. The molecule has 1 saturated heterocycles. The molecule has 2 aliphatic heterocycles. The highest BCUT2D eigenvalue weighted by Gasteiger charge is 2.65. The molecule has 1 aromatic heterocycles. The Kier molecular flexibility index (Phi) is 6.02. The number of amides is 1. The Morgan fingerprint density at radius 3 is 2.62 bits per heavy atom. The van der Waals surface area contributed by atoms with Gasteiger partial charge in [-0.2, -0.15) is 5.10 Å². The van der Waals surface area contributed by atoms with Crippen LogP contribution >= 0.6 is 0 Å². The van der Waals surface area contributed by atoms with Crippen molar-refractivity contribution >= 4 is 34.6 Å². The highest BCUT2D eigenvalue weighted by Crippen LogP contribution is 2.65. The largest absolute Gasteiger partial charge is 0.497 e. The lowest BCUT2D eigenvalue weighted by molar-refractivity contribution is -0.118. The molecule has 0 bridgehead atoms. The van der Waals surface area contributed by atoms with Crippen LogP contribution in [0.5, 0.6) is 5.75 Å². The smallest absolute Gasteiger partial charge is 0.235 e. The second kappa shape index (κ2) is 9.61. The summed E-state index contributed by atoms with van der Waals surface area (Å²) in [6.07, 6.45) is 5.52. The normalized spacial score (nSPS) is 26.0. The average Bonchev–Trinajstić information content (AvgIpc) is 3.48. The van der Waals surface area contributed by atoms with Gasteiger partial charge in [-0.15, -0.1) is 0 Å². The minimum Gasteiger partial charge on any atom is -0.497 e. The Bertz CT molecular complexity index is 1610. The van der Waals surface area contributed by atoms with Crippen LogP contribution in [0.4, 0.5) is 5.69 Å². The van der Waals surface area contributed by atoms with Crippen LogP contribution in [0, 0.1) is 0 Å². The minimum absolute atomic E-state index is 0.0779. The molecule has 7 rings (SSSR count). The Hall–Kier alpha value is -3.94. The Labute approximate surface area is 234 Å². The van der Waals surface area contributed by atoms with Crippen molar-refractivity contribution in [1.82, 2.24) is 15.1 Å². The van der Waals surface area contributed by atoms with Gasteiger partial charge in [-0.25, -0.2) is 0 Å². The summed E-state index contributed by atoms with van der Waals surface area (Å²) in [5.41, 5.74) is 6.90. The fourth-order valence-corrected chi connectivity index (χ4v) is 6.68. The molecule has 1 saturated carbocycles. The summed E-state index contributed by atoms with van der Waals surface area (Å²) in [6, 6.07) is 21.0. The zero-order chi connectivity index (χ0) is 27.4. The molecule has 7 nitrogen and oxygen atoms in total. The summed E-state index contributed by atoms with van der Waals surface area (Å²) in [7, 11) is 1.66. The molecule has 1 aliphatic carbocycles. The van der Waals surface area contributed by atoms with Crippen molar-refractivity contribution in [3.05, 3.63) is 88.6 Å². The van der Waals surface area contributed by atoms with Crippen LogP contribution in [-0.2, 0) is 21.5 Å². The van der Waals surface area contributed by atoms with Crippen molar-refractivity contribution in [2.45, 2.75) is 50.4 Å². The van der Waals surface area contributed by atoms with Gasteiger partial charge in [0, 0.05) is 36.6 Å². The molecule has 2 N–H and O–H groups in total. The number of methoxy groups -OCH3 is 1. The standard InChI is InChI=1S/C33H34N4O3/c1-20-17-37(18-21(2)40-20)19-23-6-4-22(5-7-23)8-12-29-26-11-9-24(14-31(26)36-35-29)28-16-33(28)27-15-25(39-3)10-13-30(27)34-32(33)38/h4-15,20-21,28H,16-19H2,1-3H3,(H,34,38)(H,35,36)/b12-8+/t20?,21?,28-,33-/m1/s1. The number of anilines is 1. The number of carbonyl (C=O) groups is 1. The van der Waals surface area contributed by atoms with Gasteiger partial charge in [0.15, 0.2) is 0 Å². The number of aromatic amines is 1. The van der Waals surface area contributed by atoms with Gasteiger partial charge in [-0.05, 0) is 72.9 Å². The number of rotatable bonds is 6. The minimum atomic E-state index is -0.509. The summed E-state index contributed by atoms with van der Waals surface area (Å²) < 4.78 is 11.3. The van der Waals surface area contributed by atoms with Crippen LogP contribution in [0.2, 0.25) is 0 Å². The number of aromatic nitrogens is 2. The molecule has 2 unspecified atom stereocenters. The molecule has 4 aromatic rings. The highest BCUT2D eigenvalue weighted by molar-refractivity contribution is 6.10. The van der Waals surface area contributed by atoms with Crippen LogP contribution in [0.15, 0.2) is 60.7 Å². The number of H-pyrrole nitrogens is 1. The van der Waals surface area contributed by atoms with Crippen LogP contribution in [0.1, 0.15) is 54.1 Å². The number of ether oxygens (including phenoxy) is 2. The number of fused-ring (bicyclic) bond motifs is 3.